The van der Waals surface area contributed by atoms with Gasteiger partial charge >= 0.3 is 0 Å². The van der Waals surface area contributed by atoms with Crippen molar-refractivity contribution in [2.45, 2.75) is 45.0 Å². The Morgan fingerprint density at radius 2 is 2.00 bits per heavy atom. The first-order valence-corrected chi connectivity index (χ1v) is 8.51. The van der Waals surface area contributed by atoms with Crippen LogP contribution in [0.5, 0.6) is 0 Å². The zero-order valence-corrected chi connectivity index (χ0v) is 12.7. The second-order valence-corrected chi connectivity index (χ2v) is 7.83. The van der Waals surface area contributed by atoms with Crippen molar-refractivity contribution in [1.82, 2.24) is 0 Å². The summed E-state index contributed by atoms with van der Waals surface area (Å²) in [5, 5.41) is 10.5. The molecule has 1 nitrogen and oxygen atoms in total. The highest BCUT2D eigenvalue weighted by Gasteiger charge is 2.63. The van der Waals surface area contributed by atoms with E-state index in [1.54, 1.807) is 0 Å². The summed E-state index contributed by atoms with van der Waals surface area (Å²) >= 11 is 2.00. The maximum atomic E-state index is 10.5. The highest BCUT2D eigenvalue weighted by molar-refractivity contribution is 7.98. The van der Waals surface area contributed by atoms with E-state index in [4.69, 9.17) is 0 Å². The quantitative estimate of drug-likeness (QED) is 0.893. The average Bonchev–Trinajstić information content (AvgIpc) is 2.74. The van der Waals surface area contributed by atoms with Crippen LogP contribution in [0.4, 0.5) is 0 Å². The molecule has 0 heterocycles. The maximum Gasteiger partial charge on any atom is 0.0612 e. The lowest BCUT2D eigenvalue weighted by Gasteiger charge is -2.40. The fourth-order valence-electron chi connectivity index (χ4n) is 4.30. The molecule has 0 aliphatic heterocycles. The Labute approximate surface area is 120 Å². The lowest BCUT2D eigenvalue weighted by Crippen LogP contribution is -2.40. The summed E-state index contributed by atoms with van der Waals surface area (Å²) in [5.74, 6) is 2.91. The van der Waals surface area contributed by atoms with Gasteiger partial charge in [-0.15, -0.1) is 0 Å². The van der Waals surface area contributed by atoms with Gasteiger partial charge in [0.1, 0.15) is 0 Å². The zero-order valence-electron chi connectivity index (χ0n) is 11.9. The van der Waals surface area contributed by atoms with Crippen LogP contribution in [-0.2, 0) is 5.75 Å². The molecule has 2 bridgehead atoms. The van der Waals surface area contributed by atoms with Crippen molar-refractivity contribution in [3.63, 3.8) is 0 Å². The molecule has 1 N–H and O–H groups in total. The minimum Gasteiger partial charge on any atom is -0.392 e. The fraction of sp³-hybridized carbons (Fsp3) is 0.647. The van der Waals surface area contributed by atoms with Crippen molar-refractivity contribution in [3.05, 3.63) is 35.9 Å². The third-order valence-corrected chi connectivity index (χ3v) is 7.12. The number of benzene rings is 1. The van der Waals surface area contributed by atoms with Gasteiger partial charge in [0.15, 0.2) is 0 Å². The van der Waals surface area contributed by atoms with Crippen LogP contribution < -0.4 is 0 Å². The third-order valence-electron chi connectivity index (χ3n) is 5.86. The lowest BCUT2D eigenvalue weighted by atomic mass is 9.70. The van der Waals surface area contributed by atoms with E-state index in [-0.39, 0.29) is 11.5 Å². The summed E-state index contributed by atoms with van der Waals surface area (Å²) in [4.78, 5) is 0. The van der Waals surface area contributed by atoms with Gasteiger partial charge < -0.3 is 5.11 Å². The third kappa shape index (κ3) is 2.04. The zero-order chi connectivity index (χ0) is 13.5. The minimum absolute atomic E-state index is 0.0791. The van der Waals surface area contributed by atoms with Gasteiger partial charge in [0, 0.05) is 16.9 Å². The molecule has 1 aromatic rings. The van der Waals surface area contributed by atoms with E-state index < -0.39 is 0 Å². The number of aliphatic hydroxyl groups excluding tert-OH is 1. The number of hydrogen-bond acceptors (Lipinski definition) is 2. The normalized spacial score (nSPS) is 35.7. The molecule has 3 atom stereocenters. The van der Waals surface area contributed by atoms with Crippen molar-refractivity contribution in [2.24, 2.45) is 16.7 Å². The summed E-state index contributed by atoms with van der Waals surface area (Å²) in [5.41, 5.74) is 1.87. The molecule has 0 saturated heterocycles. The molecule has 2 aliphatic rings. The second-order valence-electron chi connectivity index (χ2n) is 6.84. The van der Waals surface area contributed by atoms with Crippen LogP contribution in [0.15, 0.2) is 30.3 Å². The molecule has 0 aromatic heterocycles. The molecule has 1 aromatic carbocycles. The summed E-state index contributed by atoms with van der Waals surface area (Å²) in [6.07, 6.45) is 3.48. The first-order chi connectivity index (χ1) is 9.06. The topological polar surface area (TPSA) is 20.2 Å². The van der Waals surface area contributed by atoms with Gasteiger partial charge in [-0.1, -0.05) is 44.2 Å². The predicted octanol–water partition coefficient (Wildman–Crippen LogP) is 4.11. The van der Waals surface area contributed by atoms with Crippen molar-refractivity contribution in [1.29, 1.82) is 0 Å². The Morgan fingerprint density at radius 1 is 1.26 bits per heavy atom. The molecule has 0 unspecified atom stereocenters. The first kappa shape index (κ1) is 13.5. The van der Waals surface area contributed by atoms with Crippen molar-refractivity contribution < 1.29 is 5.11 Å². The minimum atomic E-state index is -0.0791. The summed E-state index contributed by atoms with van der Waals surface area (Å²) in [6.45, 7) is 4.76. The predicted molar refractivity (Wildman–Crippen MR) is 82.2 cm³/mol. The largest absolute Gasteiger partial charge is 0.392 e. The van der Waals surface area contributed by atoms with Gasteiger partial charge in [-0.05, 0) is 36.2 Å². The molecule has 2 fully saturated rings. The summed E-state index contributed by atoms with van der Waals surface area (Å²) in [6, 6.07) is 10.7. The first-order valence-electron chi connectivity index (χ1n) is 7.36. The standard InChI is InChI=1S/C17H24OS/c1-16(2)14-8-9-17(16,15(18)10-14)12-19-11-13-6-4-3-5-7-13/h3-7,14-15,18H,8-12H2,1-2H3/t14-,15-,17-/m1/s1. The molecule has 0 radical (unpaired) electrons. The smallest absolute Gasteiger partial charge is 0.0612 e. The van der Waals surface area contributed by atoms with Crippen molar-refractivity contribution in [3.8, 4) is 0 Å². The Bertz CT molecular complexity index is 442. The molecule has 0 spiro atoms. The average molecular weight is 276 g/mol. The van der Waals surface area contributed by atoms with E-state index in [2.05, 4.69) is 44.2 Å². The molecule has 2 aliphatic carbocycles. The van der Waals surface area contributed by atoms with Crippen molar-refractivity contribution >= 4 is 11.8 Å². The van der Waals surface area contributed by atoms with E-state index in [0.717, 1.165) is 23.8 Å². The van der Waals surface area contributed by atoms with Gasteiger partial charge in [0.2, 0.25) is 0 Å². The van der Waals surface area contributed by atoms with Crippen LogP contribution in [-0.4, -0.2) is 17.0 Å². The molecule has 104 valence electrons. The monoisotopic (exact) mass is 276 g/mol. The second kappa shape index (κ2) is 4.82. The number of rotatable bonds is 4. The maximum absolute atomic E-state index is 10.5. The Morgan fingerprint density at radius 3 is 2.58 bits per heavy atom. The van der Waals surface area contributed by atoms with Gasteiger partial charge in [-0.25, -0.2) is 0 Å². The molecule has 2 heteroatoms. The molecule has 2 saturated carbocycles. The van der Waals surface area contributed by atoms with E-state index in [1.807, 2.05) is 11.8 Å². The Hall–Kier alpha value is -0.470. The highest BCUT2D eigenvalue weighted by Crippen LogP contribution is 2.66. The molecule has 3 rings (SSSR count). The number of thioether (sulfide) groups is 1. The lowest BCUT2D eigenvalue weighted by molar-refractivity contribution is 0.0168. The summed E-state index contributed by atoms with van der Waals surface area (Å²) < 4.78 is 0. The summed E-state index contributed by atoms with van der Waals surface area (Å²) in [7, 11) is 0. The molecule has 19 heavy (non-hydrogen) atoms. The Kier molecular flexibility index (Phi) is 3.43. The van der Waals surface area contributed by atoms with Crippen LogP contribution in [0.2, 0.25) is 0 Å². The van der Waals surface area contributed by atoms with Crippen LogP contribution in [0.3, 0.4) is 0 Å². The SMILES string of the molecule is CC1(C)[C@@H]2CC[C@@]1(CSCc1ccccc1)[C@H](O)C2. The van der Waals surface area contributed by atoms with Gasteiger partial charge in [-0.2, -0.15) is 11.8 Å². The van der Waals surface area contributed by atoms with Gasteiger partial charge in [0.05, 0.1) is 6.10 Å². The van der Waals surface area contributed by atoms with Crippen LogP contribution in [0, 0.1) is 16.7 Å². The van der Waals surface area contributed by atoms with Gasteiger partial charge in [-0.3, -0.25) is 0 Å². The van der Waals surface area contributed by atoms with Crippen LogP contribution >= 0.6 is 11.8 Å². The van der Waals surface area contributed by atoms with E-state index in [9.17, 15) is 5.11 Å². The molecular formula is C17H24OS. The Balaban J connectivity index is 1.66. The molecule has 0 amide bonds. The number of hydrogen-bond donors (Lipinski definition) is 1. The van der Waals surface area contributed by atoms with Gasteiger partial charge in [0.25, 0.3) is 0 Å². The molecular weight excluding hydrogens is 252 g/mol. The van der Waals surface area contributed by atoms with E-state index in [1.165, 1.54) is 18.4 Å². The van der Waals surface area contributed by atoms with E-state index in [0.29, 0.717) is 5.41 Å². The van der Waals surface area contributed by atoms with Crippen LogP contribution in [0.1, 0.15) is 38.7 Å². The number of fused-ring (bicyclic) bond motifs is 2. The van der Waals surface area contributed by atoms with E-state index >= 15 is 0 Å². The van der Waals surface area contributed by atoms with Crippen LogP contribution in [0.25, 0.3) is 0 Å². The fourth-order valence-corrected chi connectivity index (χ4v) is 5.91. The number of aliphatic hydroxyl groups is 1. The highest BCUT2D eigenvalue weighted by atomic mass is 32.2. The van der Waals surface area contributed by atoms with Crippen molar-refractivity contribution in [2.75, 3.05) is 5.75 Å².